The number of sulfonamides is 1. The molecular formula is C20H24N2O4S. The molecule has 2 aromatic rings. The number of ketones is 1. The Bertz CT molecular complexity index is 899. The molecule has 7 heteroatoms. The zero-order chi connectivity index (χ0) is 19.4. The standard InChI is InChI=1S/C20H24N2O4S/c1-26-17-11-12-22(16(13-17)14-21)27(24,25)19-10-6-5-9-18(19)20(23)15-7-3-2-4-8-15/h2-10,16-17H,11-14,21H2,1H3. The second-order valence-corrected chi connectivity index (χ2v) is 8.44. The zero-order valence-corrected chi connectivity index (χ0v) is 16.1. The van der Waals surface area contributed by atoms with Gasteiger partial charge in [0.2, 0.25) is 10.0 Å². The van der Waals surface area contributed by atoms with Crippen LogP contribution in [0.15, 0.2) is 59.5 Å². The summed E-state index contributed by atoms with van der Waals surface area (Å²) in [6.07, 6.45) is 1.13. The molecule has 3 rings (SSSR count). The predicted octanol–water partition coefficient (Wildman–Crippen LogP) is 2.04. The zero-order valence-electron chi connectivity index (χ0n) is 15.2. The summed E-state index contributed by atoms with van der Waals surface area (Å²) in [6, 6.07) is 14.7. The summed E-state index contributed by atoms with van der Waals surface area (Å²) >= 11 is 0. The van der Waals surface area contributed by atoms with Gasteiger partial charge in [-0.1, -0.05) is 42.5 Å². The molecule has 2 atom stereocenters. The number of rotatable bonds is 6. The third kappa shape index (κ3) is 3.96. The maximum Gasteiger partial charge on any atom is 0.244 e. The van der Waals surface area contributed by atoms with E-state index in [4.69, 9.17) is 10.5 Å². The van der Waals surface area contributed by atoms with Crippen molar-refractivity contribution in [1.29, 1.82) is 0 Å². The fraction of sp³-hybridized carbons (Fsp3) is 0.350. The summed E-state index contributed by atoms with van der Waals surface area (Å²) in [5.41, 5.74) is 6.47. The van der Waals surface area contributed by atoms with Gasteiger partial charge in [-0.25, -0.2) is 8.42 Å². The topological polar surface area (TPSA) is 89.7 Å². The van der Waals surface area contributed by atoms with Crippen LogP contribution in [0.3, 0.4) is 0 Å². The van der Waals surface area contributed by atoms with Gasteiger partial charge < -0.3 is 10.5 Å². The van der Waals surface area contributed by atoms with Gasteiger partial charge in [0.05, 0.1) is 11.0 Å². The molecule has 0 radical (unpaired) electrons. The maximum absolute atomic E-state index is 13.4. The number of nitrogens with zero attached hydrogens (tertiary/aromatic N) is 1. The van der Waals surface area contributed by atoms with E-state index >= 15 is 0 Å². The highest BCUT2D eigenvalue weighted by atomic mass is 32.2. The molecule has 1 aliphatic heterocycles. The van der Waals surface area contributed by atoms with E-state index in [-0.39, 0.29) is 34.9 Å². The summed E-state index contributed by atoms with van der Waals surface area (Å²) in [5.74, 6) is -0.314. The van der Waals surface area contributed by atoms with Crippen LogP contribution >= 0.6 is 0 Å². The Morgan fingerprint density at radius 2 is 1.81 bits per heavy atom. The first-order chi connectivity index (χ1) is 13.0. The van der Waals surface area contributed by atoms with Gasteiger partial charge in [-0.15, -0.1) is 0 Å². The minimum atomic E-state index is -3.86. The number of ether oxygens (including phenoxy) is 1. The molecular weight excluding hydrogens is 364 g/mol. The number of piperidine rings is 1. The van der Waals surface area contributed by atoms with Gasteiger partial charge >= 0.3 is 0 Å². The van der Waals surface area contributed by atoms with Crippen LogP contribution in [0.4, 0.5) is 0 Å². The van der Waals surface area contributed by atoms with E-state index in [1.807, 2.05) is 6.07 Å². The molecule has 144 valence electrons. The first kappa shape index (κ1) is 19.7. The van der Waals surface area contributed by atoms with Gasteiger partial charge in [0.1, 0.15) is 0 Å². The molecule has 0 saturated carbocycles. The molecule has 2 N–H and O–H groups in total. The third-order valence-corrected chi connectivity index (χ3v) is 6.98. The lowest BCUT2D eigenvalue weighted by atomic mass is 10.0. The number of hydrogen-bond donors (Lipinski definition) is 1. The molecule has 0 aliphatic carbocycles. The molecule has 27 heavy (non-hydrogen) atoms. The number of carbonyl (C=O) groups is 1. The van der Waals surface area contributed by atoms with Gasteiger partial charge in [0.15, 0.2) is 5.78 Å². The van der Waals surface area contributed by atoms with E-state index < -0.39 is 10.0 Å². The highest BCUT2D eigenvalue weighted by Gasteiger charge is 2.37. The molecule has 0 amide bonds. The molecule has 2 unspecified atom stereocenters. The van der Waals surface area contributed by atoms with Crippen molar-refractivity contribution in [3.05, 3.63) is 65.7 Å². The molecule has 1 fully saturated rings. The van der Waals surface area contributed by atoms with Crippen LogP contribution in [0.5, 0.6) is 0 Å². The summed E-state index contributed by atoms with van der Waals surface area (Å²) in [7, 11) is -2.24. The van der Waals surface area contributed by atoms with Gasteiger partial charge in [-0.2, -0.15) is 4.31 Å². The van der Waals surface area contributed by atoms with E-state index in [0.29, 0.717) is 24.9 Å². The SMILES string of the molecule is COC1CCN(S(=O)(=O)c2ccccc2C(=O)c2ccccc2)C(CN)C1. The number of benzene rings is 2. The molecule has 6 nitrogen and oxygen atoms in total. The van der Waals surface area contributed by atoms with Crippen LogP contribution < -0.4 is 5.73 Å². The summed E-state index contributed by atoms with van der Waals surface area (Å²) in [4.78, 5) is 12.9. The highest BCUT2D eigenvalue weighted by Crippen LogP contribution is 2.29. The van der Waals surface area contributed by atoms with Crippen molar-refractivity contribution >= 4 is 15.8 Å². The predicted molar refractivity (Wildman–Crippen MR) is 103 cm³/mol. The van der Waals surface area contributed by atoms with Gasteiger partial charge in [-0.05, 0) is 25.0 Å². The number of methoxy groups -OCH3 is 1. The Balaban J connectivity index is 2.00. The van der Waals surface area contributed by atoms with Crippen molar-refractivity contribution in [1.82, 2.24) is 4.31 Å². The van der Waals surface area contributed by atoms with Gasteiger partial charge in [0, 0.05) is 37.4 Å². The highest BCUT2D eigenvalue weighted by molar-refractivity contribution is 7.89. The minimum Gasteiger partial charge on any atom is -0.381 e. The van der Waals surface area contributed by atoms with Crippen LogP contribution in [-0.2, 0) is 14.8 Å². The second kappa shape index (κ2) is 8.31. The molecule has 1 saturated heterocycles. The molecule has 0 bridgehead atoms. The Kier molecular flexibility index (Phi) is 6.06. The van der Waals surface area contributed by atoms with Crippen LogP contribution in [0.1, 0.15) is 28.8 Å². The Morgan fingerprint density at radius 1 is 1.15 bits per heavy atom. The van der Waals surface area contributed by atoms with Crippen LogP contribution in [-0.4, -0.2) is 50.9 Å². The Hall–Kier alpha value is -2.06. The van der Waals surface area contributed by atoms with Crippen LogP contribution in [0, 0.1) is 0 Å². The number of nitrogens with two attached hydrogens (primary N) is 1. The van der Waals surface area contributed by atoms with Crippen molar-refractivity contribution in [3.63, 3.8) is 0 Å². The number of hydrogen-bond acceptors (Lipinski definition) is 5. The van der Waals surface area contributed by atoms with Crippen molar-refractivity contribution in [2.24, 2.45) is 5.73 Å². The van der Waals surface area contributed by atoms with Crippen LogP contribution in [0.2, 0.25) is 0 Å². The Morgan fingerprint density at radius 3 is 2.48 bits per heavy atom. The van der Waals surface area contributed by atoms with E-state index in [9.17, 15) is 13.2 Å². The maximum atomic E-state index is 13.4. The van der Waals surface area contributed by atoms with E-state index in [2.05, 4.69) is 0 Å². The van der Waals surface area contributed by atoms with Gasteiger partial charge in [0.25, 0.3) is 0 Å². The van der Waals surface area contributed by atoms with Crippen molar-refractivity contribution in [2.75, 3.05) is 20.2 Å². The normalized spacial score (nSPS) is 21.1. The van der Waals surface area contributed by atoms with Crippen molar-refractivity contribution in [2.45, 2.75) is 29.9 Å². The molecule has 1 heterocycles. The largest absolute Gasteiger partial charge is 0.381 e. The summed E-state index contributed by atoms with van der Waals surface area (Å²) in [6.45, 7) is 0.518. The average molecular weight is 388 g/mol. The molecule has 0 aromatic heterocycles. The van der Waals surface area contributed by atoms with Crippen molar-refractivity contribution in [3.8, 4) is 0 Å². The first-order valence-corrected chi connectivity index (χ1v) is 10.4. The molecule has 1 aliphatic rings. The smallest absolute Gasteiger partial charge is 0.244 e. The average Bonchev–Trinajstić information content (AvgIpc) is 2.73. The van der Waals surface area contributed by atoms with Gasteiger partial charge in [-0.3, -0.25) is 4.79 Å². The monoisotopic (exact) mass is 388 g/mol. The minimum absolute atomic E-state index is 0.00815. The molecule has 0 spiro atoms. The lowest BCUT2D eigenvalue weighted by Gasteiger charge is -2.37. The summed E-state index contributed by atoms with van der Waals surface area (Å²) in [5, 5.41) is 0. The van der Waals surface area contributed by atoms with E-state index in [1.54, 1.807) is 49.6 Å². The van der Waals surface area contributed by atoms with Crippen molar-refractivity contribution < 1.29 is 17.9 Å². The quantitative estimate of drug-likeness (QED) is 0.765. The summed E-state index contributed by atoms with van der Waals surface area (Å²) < 4.78 is 33.6. The van der Waals surface area contributed by atoms with Crippen LogP contribution in [0.25, 0.3) is 0 Å². The fourth-order valence-electron chi connectivity index (χ4n) is 3.49. The Labute approximate surface area is 160 Å². The number of carbonyl (C=O) groups excluding carboxylic acids is 1. The molecule has 2 aromatic carbocycles. The lowest BCUT2D eigenvalue weighted by Crippen LogP contribution is -2.51. The lowest BCUT2D eigenvalue weighted by molar-refractivity contribution is 0.0401. The first-order valence-electron chi connectivity index (χ1n) is 8.92. The second-order valence-electron chi connectivity index (χ2n) is 6.58. The third-order valence-electron chi connectivity index (χ3n) is 4.97. The van der Waals surface area contributed by atoms with E-state index in [1.165, 1.54) is 10.4 Å². The van der Waals surface area contributed by atoms with E-state index in [0.717, 1.165) is 0 Å². The fourth-order valence-corrected chi connectivity index (χ4v) is 5.34.